The zero-order valence-electron chi connectivity index (χ0n) is 6.61. The second-order valence-electron chi connectivity index (χ2n) is 2.14. The van der Waals surface area contributed by atoms with Crippen LogP contribution < -0.4 is 10.6 Å². The van der Waals surface area contributed by atoms with E-state index in [1.54, 1.807) is 18.2 Å². The van der Waals surface area contributed by atoms with E-state index in [1.807, 2.05) is 0 Å². The highest BCUT2D eigenvalue weighted by Gasteiger charge is 2.01. The summed E-state index contributed by atoms with van der Waals surface area (Å²) in [6.07, 6.45) is 0. The third-order valence-corrected chi connectivity index (χ3v) is 1.30. The Morgan fingerprint density at radius 1 is 1.50 bits per heavy atom. The maximum atomic E-state index is 10.7. The van der Waals surface area contributed by atoms with Gasteiger partial charge in [-0.1, -0.05) is 6.07 Å². The van der Waals surface area contributed by atoms with Gasteiger partial charge in [0.05, 0.1) is 7.11 Å². The van der Waals surface area contributed by atoms with E-state index in [4.69, 9.17) is 5.73 Å². The van der Waals surface area contributed by atoms with Gasteiger partial charge in [-0.25, -0.2) is 0 Å². The van der Waals surface area contributed by atoms with E-state index < -0.39 is 5.91 Å². The third-order valence-electron chi connectivity index (χ3n) is 1.30. The third kappa shape index (κ3) is 1.96. The van der Waals surface area contributed by atoms with Crippen LogP contribution in [-0.4, -0.2) is 13.0 Å². The van der Waals surface area contributed by atoms with E-state index in [-0.39, 0.29) is 0 Å². The molecule has 0 saturated heterocycles. The van der Waals surface area contributed by atoms with Gasteiger partial charge in [0, 0.05) is 5.56 Å². The SMILES string of the molecule is COOc1cccc(C(N)=O)c1. The molecule has 0 fully saturated rings. The second-order valence-corrected chi connectivity index (χ2v) is 2.14. The highest BCUT2D eigenvalue weighted by molar-refractivity contribution is 5.93. The minimum absolute atomic E-state index is 0.393. The lowest BCUT2D eigenvalue weighted by Crippen LogP contribution is -2.10. The van der Waals surface area contributed by atoms with Gasteiger partial charge in [0.25, 0.3) is 0 Å². The highest BCUT2D eigenvalue weighted by Crippen LogP contribution is 2.12. The molecule has 64 valence electrons. The predicted octanol–water partition coefficient (Wildman–Crippen LogP) is 0.726. The number of carbonyl (C=O) groups excluding carboxylic acids is 1. The van der Waals surface area contributed by atoms with E-state index in [0.29, 0.717) is 11.3 Å². The summed E-state index contributed by atoms with van der Waals surface area (Å²) in [5, 5.41) is 0. The first kappa shape index (κ1) is 8.55. The Hall–Kier alpha value is -1.55. The average Bonchev–Trinajstić information content (AvgIpc) is 2.05. The Morgan fingerprint density at radius 3 is 2.83 bits per heavy atom. The van der Waals surface area contributed by atoms with Gasteiger partial charge < -0.3 is 10.6 Å². The summed E-state index contributed by atoms with van der Waals surface area (Å²) in [7, 11) is 1.39. The Labute approximate surface area is 69.8 Å². The van der Waals surface area contributed by atoms with Crippen molar-refractivity contribution in [3.05, 3.63) is 29.8 Å². The van der Waals surface area contributed by atoms with Gasteiger partial charge in [-0.05, 0) is 18.2 Å². The summed E-state index contributed by atoms with van der Waals surface area (Å²) in [6, 6.07) is 6.43. The fraction of sp³-hybridized carbons (Fsp3) is 0.125. The number of primary amides is 1. The topological polar surface area (TPSA) is 61.6 Å². The molecule has 0 aliphatic carbocycles. The summed E-state index contributed by atoms with van der Waals surface area (Å²) < 4.78 is 0. The quantitative estimate of drug-likeness (QED) is 0.533. The fourth-order valence-electron chi connectivity index (χ4n) is 0.797. The van der Waals surface area contributed by atoms with Gasteiger partial charge in [0.15, 0.2) is 5.75 Å². The second kappa shape index (κ2) is 3.73. The zero-order chi connectivity index (χ0) is 8.97. The number of nitrogens with two attached hydrogens (primary N) is 1. The van der Waals surface area contributed by atoms with E-state index in [1.165, 1.54) is 13.2 Å². The van der Waals surface area contributed by atoms with Crippen molar-refractivity contribution in [3.63, 3.8) is 0 Å². The molecule has 0 atom stereocenters. The maximum absolute atomic E-state index is 10.7. The zero-order valence-corrected chi connectivity index (χ0v) is 6.61. The Bertz CT molecular complexity index is 285. The number of hydrogen-bond acceptors (Lipinski definition) is 3. The van der Waals surface area contributed by atoms with E-state index in [2.05, 4.69) is 9.78 Å². The monoisotopic (exact) mass is 167 g/mol. The van der Waals surface area contributed by atoms with Crippen molar-refractivity contribution in [2.75, 3.05) is 7.11 Å². The van der Waals surface area contributed by atoms with E-state index in [0.717, 1.165) is 0 Å². The molecule has 2 N–H and O–H groups in total. The van der Waals surface area contributed by atoms with Crippen LogP contribution >= 0.6 is 0 Å². The molecule has 0 saturated carbocycles. The van der Waals surface area contributed by atoms with Crippen molar-refractivity contribution in [3.8, 4) is 5.75 Å². The van der Waals surface area contributed by atoms with E-state index in [9.17, 15) is 4.79 Å². The summed E-state index contributed by atoms with van der Waals surface area (Å²) >= 11 is 0. The standard InChI is InChI=1S/C8H9NO3/c1-11-12-7-4-2-3-6(5-7)8(9)10/h2-5H,1H3,(H2,9,10). The Kier molecular flexibility index (Phi) is 2.66. The highest BCUT2D eigenvalue weighted by atomic mass is 17.2. The van der Waals surface area contributed by atoms with Gasteiger partial charge in [-0.3, -0.25) is 4.79 Å². The molecular weight excluding hydrogens is 158 g/mol. The first-order valence-corrected chi connectivity index (χ1v) is 3.34. The molecule has 1 rings (SSSR count). The van der Waals surface area contributed by atoms with Crippen LogP contribution in [0.4, 0.5) is 0 Å². The molecule has 0 bridgehead atoms. The van der Waals surface area contributed by atoms with Crippen LogP contribution in [0, 0.1) is 0 Å². The summed E-state index contributed by atoms with van der Waals surface area (Å²) in [5.74, 6) is -0.0367. The van der Waals surface area contributed by atoms with Crippen LogP contribution in [0.25, 0.3) is 0 Å². The minimum Gasteiger partial charge on any atom is -0.366 e. The normalized spacial score (nSPS) is 9.42. The van der Waals surface area contributed by atoms with Crippen LogP contribution in [0.15, 0.2) is 24.3 Å². The molecule has 4 nitrogen and oxygen atoms in total. The predicted molar refractivity (Wildman–Crippen MR) is 42.6 cm³/mol. The smallest absolute Gasteiger partial charge is 0.248 e. The van der Waals surface area contributed by atoms with Crippen molar-refractivity contribution in [2.24, 2.45) is 5.73 Å². The first-order chi connectivity index (χ1) is 5.74. The first-order valence-electron chi connectivity index (χ1n) is 3.34. The molecule has 0 aliphatic heterocycles. The lowest BCUT2D eigenvalue weighted by atomic mass is 10.2. The van der Waals surface area contributed by atoms with Crippen LogP contribution in [-0.2, 0) is 4.89 Å². The lowest BCUT2D eigenvalue weighted by molar-refractivity contribution is -0.178. The molecule has 12 heavy (non-hydrogen) atoms. The Morgan fingerprint density at radius 2 is 2.25 bits per heavy atom. The van der Waals surface area contributed by atoms with E-state index >= 15 is 0 Å². The molecule has 0 aliphatic rings. The summed E-state index contributed by atoms with van der Waals surface area (Å²) in [4.78, 5) is 19.8. The average molecular weight is 167 g/mol. The van der Waals surface area contributed by atoms with Gasteiger partial charge in [-0.2, -0.15) is 4.89 Å². The number of amides is 1. The summed E-state index contributed by atoms with van der Waals surface area (Å²) in [5.41, 5.74) is 5.44. The molecule has 0 radical (unpaired) electrons. The number of hydrogen-bond donors (Lipinski definition) is 1. The molecule has 0 unspecified atom stereocenters. The molecule has 1 amide bonds. The van der Waals surface area contributed by atoms with Crippen molar-refractivity contribution < 1.29 is 14.6 Å². The van der Waals surface area contributed by atoms with Crippen LogP contribution in [0.1, 0.15) is 10.4 Å². The Balaban J connectivity index is 2.88. The van der Waals surface area contributed by atoms with Crippen molar-refractivity contribution >= 4 is 5.91 Å². The van der Waals surface area contributed by atoms with Gasteiger partial charge in [0.1, 0.15) is 0 Å². The lowest BCUT2D eigenvalue weighted by Gasteiger charge is -2.00. The molecule has 0 spiro atoms. The van der Waals surface area contributed by atoms with Crippen LogP contribution in [0.3, 0.4) is 0 Å². The largest absolute Gasteiger partial charge is 0.366 e. The van der Waals surface area contributed by atoms with Crippen LogP contribution in [0.5, 0.6) is 5.75 Å². The summed E-state index contributed by atoms with van der Waals surface area (Å²) in [6.45, 7) is 0. The molecular formula is C8H9NO3. The van der Waals surface area contributed by atoms with Gasteiger partial charge in [0.2, 0.25) is 5.91 Å². The van der Waals surface area contributed by atoms with Crippen molar-refractivity contribution in [1.29, 1.82) is 0 Å². The fourth-order valence-corrected chi connectivity index (χ4v) is 0.797. The number of carbonyl (C=O) groups is 1. The minimum atomic E-state index is -0.489. The van der Waals surface area contributed by atoms with Crippen molar-refractivity contribution in [2.45, 2.75) is 0 Å². The molecule has 1 aromatic rings. The molecule has 0 heterocycles. The molecule has 0 aromatic heterocycles. The number of benzene rings is 1. The van der Waals surface area contributed by atoms with Gasteiger partial charge in [-0.15, -0.1) is 0 Å². The van der Waals surface area contributed by atoms with Gasteiger partial charge >= 0.3 is 0 Å². The molecule has 4 heteroatoms. The maximum Gasteiger partial charge on any atom is 0.248 e. The van der Waals surface area contributed by atoms with Crippen molar-refractivity contribution in [1.82, 2.24) is 0 Å². The molecule has 1 aromatic carbocycles. The number of rotatable bonds is 3. The van der Waals surface area contributed by atoms with Crippen LogP contribution in [0.2, 0.25) is 0 Å².